The van der Waals surface area contributed by atoms with Crippen LogP contribution in [0.15, 0.2) is 12.3 Å². The average molecular weight is 238 g/mol. The van der Waals surface area contributed by atoms with Crippen LogP contribution in [0.2, 0.25) is 0 Å². The minimum absolute atomic E-state index is 0.128. The smallest absolute Gasteiger partial charge is 0.323 e. The molecule has 1 rings (SSSR count). The van der Waals surface area contributed by atoms with Crippen LogP contribution >= 0.6 is 0 Å². The number of nitrogens with zero attached hydrogens (tertiary/aromatic N) is 2. The van der Waals surface area contributed by atoms with Crippen LogP contribution in [-0.4, -0.2) is 29.1 Å². The Morgan fingerprint density at radius 1 is 1.59 bits per heavy atom. The first-order chi connectivity index (χ1) is 8.04. The monoisotopic (exact) mass is 238 g/mol. The van der Waals surface area contributed by atoms with Crippen LogP contribution in [0.3, 0.4) is 0 Å². The van der Waals surface area contributed by atoms with Gasteiger partial charge in [-0.2, -0.15) is 0 Å². The number of carbonyl (C=O) groups is 1. The molecule has 1 heterocycles. The number of nitrogen functional groups attached to an aromatic ring is 1. The molecule has 0 fully saturated rings. The van der Waals surface area contributed by atoms with E-state index in [0.717, 1.165) is 0 Å². The van der Waals surface area contributed by atoms with E-state index in [2.05, 4.69) is 15.3 Å². The second-order valence-corrected chi connectivity index (χ2v) is 4.02. The molecule has 1 aromatic heterocycles. The number of nitrogens with two attached hydrogens (primary N) is 1. The quantitative estimate of drug-likeness (QED) is 0.719. The van der Waals surface area contributed by atoms with E-state index < -0.39 is 0 Å². The van der Waals surface area contributed by atoms with Crippen molar-refractivity contribution in [1.82, 2.24) is 15.3 Å². The fourth-order valence-corrected chi connectivity index (χ4v) is 1.42. The molecule has 0 bridgehead atoms. The molecule has 0 unspecified atom stereocenters. The molecule has 0 saturated heterocycles. The lowest BCUT2D eigenvalue weighted by atomic mass is 10.0. The number of anilines is 1. The summed E-state index contributed by atoms with van der Waals surface area (Å²) < 4.78 is 4.72. The number of hydrogen-bond acceptors (Lipinski definition) is 6. The molecular formula is C11H18N4O2. The molecule has 17 heavy (non-hydrogen) atoms. The molecule has 0 aliphatic heterocycles. The van der Waals surface area contributed by atoms with Gasteiger partial charge in [-0.3, -0.25) is 10.1 Å². The molecule has 0 aromatic carbocycles. The Bertz CT molecular complexity index is 381. The first kappa shape index (κ1) is 13.4. The number of hydrogen-bond donors (Lipinski definition) is 2. The molecule has 3 N–H and O–H groups in total. The molecule has 1 atom stereocenters. The number of ether oxygens (including phenoxy) is 1. The molecule has 0 aliphatic carbocycles. The van der Waals surface area contributed by atoms with E-state index in [9.17, 15) is 4.79 Å². The van der Waals surface area contributed by atoms with Crippen LogP contribution in [0.4, 0.5) is 5.82 Å². The number of rotatable bonds is 5. The summed E-state index contributed by atoms with van der Waals surface area (Å²) in [5.41, 5.74) is 5.54. The standard InChI is InChI=1S/C11H18N4O2/c1-7(2)10(11(16)17-3)14-6-9-13-5-4-8(12)15-9/h4-5,7,10,14H,6H2,1-3H3,(H2,12,13,15)/t10-/m0/s1. The summed E-state index contributed by atoms with van der Waals surface area (Å²) >= 11 is 0. The van der Waals surface area contributed by atoms with Gasteiger partial charge in [0.1, 0.15) is 17.7 Å². The van der Waals surface area contributed by atoms with Crippen molar-refractivity contribution in [1.29, 1.82) is 0 Å². The summed E-state index contributed by atoms with van der Waals surface area (Å²) in [7, 11) is 1.37. The lowest BCUT2D eigenvalue weighted by molar-refractivity contribution is -0.144. The third-order valence-electron chi connectivity index (χ3n) is 2.33. The van der Waals surface area contributed by atoms with Gasteiger partial charge in [0.15, 0.2) is 0 Å². The van der Waals surface area contributed by atoms with Gasteiger partial charge in [0.2, 0.25) is 0 Å². The lowest BCUT2D eigenvalue weighted by Crippen LogP contribution is -2.41. The van der Waals surface area contributed by atoms with E-state index in [0.29, 0.717) is 18.2 Å². The topological polar surface area (TPSA) is 90.1 Å². The fraction of sp³-hybridized carbons (Fsp3) is 0.545. The van der Waals surface area contributed by atoms with Gasteiger partial charge >= 0.3 is 5.97 Å². The summed E-state index contributed by atoms with van der Waals surface area (Å²) in [6.45, 7) is 4.26. The normalized spacial score (nSPS) is 12.5. The maximum absolute atomic E-state index is 11.5. The van der Waals surface area contributed by atoms with Gasteiger partial charge in [-0.1, -0.05) is 13.8 Å². The Hall–Kier alpha value is -1.69. The van der Waals surface area contributed by atoms with Gasteiger partial charge in [-0.05, 0) is 12.0 Å². The van der Waals surface area contributed by atoms with Crippen molar-refractivity contribution in [3.63, 3.8) is 0 Å². The van der Waals surface area contributed by atoms with Crippen molar-refractivity contribution in [2.75, 3.05) is 12.8 Å². The van der Waals surface area contributed by atoms with Gasteiger partial charge in [0.25, 0.3) is 0 Å². The molecule has 6 heteroatoms. The number of carbonyl (C=O) groups excluding carboxylic acids is 1. The van der Waals surface area contributed by atoms with E-state index in [4.69, 9.17) is 10.5 Å². The minimum atomic E-state index is -0.370. The molecule has 0 radical (unpaired) electrons. The number of nitrogens with one attached hydrogen (secondary N) is 1. The zero-order valence-electron chi connectivity index (χ0n) is 10.3. The highest BCUT2D eigenvalue weighted by molar-refractivity contribution is 5.75. The van der Waals surface area contributed by atoms with Crippen molar-refractivity contribution in [3.8, 4) is 0 Å². The van der Waals surface area contributed by atoms with Crippen molar-refractivity contribution < 1.29 is 9.53 Å². The van der Waals surface area contributed by atoms with Crippen molar-refractivity contribution in [2.24, 2.45) is 5.92 Å². The highest BCUT2D eigenvalue weighted by Crippen LogP contribution is 2.05. The molecular weight excluding hydrogens is 220 g/mol. The summed E-state index contributed by atoms with van der Waals surface area (Å²) in [6.07, 6.45) is 1.59. The molecule has 0 amide bonds. The molecule has 0 saturated carbocycles. The summed E-state index contributed by atoms with van der Waals surface area (Å²) in [6, 6.07) is 1.24. The van der Waals surface area contributed by atoms with Gasteiger partial charge < -0.3 is 10.5 Å². The second-order valence-electron chi connectivity index (χ2n) is 4.02. The third-order valence-corrected chi connectivity index (χ3v) is 2.33. The van der Waals surface area contributed by atoms with Gasteiger partial charge in [-0.25, -0.2) is 9.97 Å². The van der Waals surface area contributed by atoms with E-state index in [1.807, 2.05) is 13.8 Å². The maximum atomic E-state index is 11.5. The second kappa shape index (κ2) is 6.15. The molecule has 0 spiro atoms. The van der Waals surface area contributed by atoms with E-state index in [1.54, 1.807) is 12.3 Å². The largest absolute Gasteiger partial charge is 0.468 e. The predicted octanol–water partition coefficient (Wildman–Crippen LogP) is 0.346. The number of methoxy groups -OCH3 is 1. The maximum Gasteiger partial charge on any atom is 0.323 e. The highest BCUT2D eigenvalue weighted by atomic mass is 16.5. The fourth-order valence-electron chi connectivity index (χ4n) is 1.42. The van der Waals surface area contributed by atoms with Gasteiger partial charge in [0, 0.05) is 6.20 Å². The highest BCUT2D eigenvalue weighted by Gasteiger charge is 2.22. The Morgan fingerprint density at radius 3 is 2.82 bits per heavy atom. The average Bonchev–Trinajstić information content (AvgIpc) is 2.28. The SMILES string of the molecule is COC(=O)[C@@H](NCc1nccc(N)n1)C(C)C. The first-order valence-electron chi connectivity index (χ1n) is 5.43. The Balaban J connectivity index is 2.61. The summed E-state index contributed by atoms with van der Waals surface area (Å²) in [5, 5.41) is 3.06. The Morgan fingerprint density at radius 2 is 2.29 bits per heavy atom. The van der Waals surface area contributed by atoms with Crippen molar-refractivity contribution >= 4 is 11.8 Å². The van der Waals surface area contributed by atoms with Gasteiger partial charge in [0.05, 0.1) is 13.7 Å². The van der Waals surface area contributed by atoms with Crippen LogP contribution < -0.4 is 11.1 Å². The Labute approximate surface area is 101 Å². The Kier molecular flexibility index (Phi) is 4.84. The van der Waals surface area contributed by atoms with E-state index >= 15 is 0 Å². The zero-order valence-corrected chi connectivity index (χ0v) is 10.3. The van der Waals surface area contributed by atoms with E-state index in [1.165, 1.54) is 7.11 Å². The van der Waals surface area contributed by atoms with Crippen LogP contribution in [0.25, 0.3) is 0 Å². The zero-order chi connectivity index (χ0) is 12.8. The summed E-state index contributed by atoms with van der Waals surface area (Å²) in [4.78, 5) is 19.6. The molecule has 1 aromatic rings. The molecule has 94 valence electrons. The lowest BCUT2D eigenvalue weighted by Gasteiger charge is -2.19. The van der Waals surface area contributed by atoms with Crippen LogP contribution in [-0.2, 0) is 16.1 Å². The van der Waals surface area contributed by atoms with E-state index in [-0.39, 0.29) is 17.9 Å². The number of esters is 1. The summed E-state index contributed by atoms with van der Waals surface area (Å²) in [5.74, 6) is 0.808. The first-order valence-corrected chi connectivity index (χ1v) is 5.43. The third kappa shape index (κ3) is 3.99. The van der Waals surface area contributed by atoms with Crippen LogP contribution in [0.5, 0.6) is 0 Å². The minimum Gasteiger partial charge on any atom is -0.468 e. The van der Waals surface area contributed by atoms with Gasteiger partial charge in [-0.15, -0.1) is 0 Å². The molecule has 0 aliphatic rings. The van der Waals surface area contributed by atoms with Crippen molar-refractivity contribution in [2.45, 2.75) is 26.4 Å². The van der Waals surface area contributed by atoms with Crippen LogP contribution in [0, 0.1) is 5.92 Å². The molecule has 6 nitrogen and oxygen atoms in total. The van der Waals surface area contributed by atoms with Crippen LogP contribution in [0.1, 0.15) is 19.7 Å². The van der Waals surface area contributed by atoms with Crippen molar-refractivity contribution in [3.05, 3.63) is 18.1 Å². The number of aromatic nitrogens is 2. The predicted molar refractivity (Wildman–Crippen MR) is 63.9 cm³/mol.